The Morgan fingerprint density at radius 3 is 2.67 bits per heavy atom. The number of benzene rings is 2. The summed E-state index contributed by atoms with van der Waals surface area (Å²) < 4.78 is 6.40. The Morgan fingerprint density at radius 1 is 1.15 bits per heavy atom. The van der Waals surface area contributed by atoms with Crippen LogP contribution in [-0.2, 0) is 0 Å². The summed E-state index contributed by atoms with van der Waals surface area (Å²) in [7, 11) is 0. The molecule has 4 rings (SSSR count). The van der Waals surface area contributed by atoms with Gasteiger partial charge in [-0.3, -0.25) is 0 Å². The molecule has 0 aromatic heterocycles. The van der Waals surface area contributed by atoms with Crippen LogP contribution in [0.3, 0.4) is 0 Å². The van der Waals surface area contributed by atoms with Crippen LogP contribution in [0.25, 0.3) is 11.1 Å². The van der Waals surface area contributed by atoms with E-state index in [0.29, 0.717) is 21.0 Å². The van der Waals surface area contributed by atoms with E-state index in [-0.39, 0.29) is 6.10 Å². The predicted octanol–water partition coefficient (Wildman–Crippen LogP) is 7.04. The topological polar surface area (TPSA) is 21.3 Å². The molecule has 2 aromatic carbocycles. The van der Waals surface area contributed by atoms with Crippen molar-refractivity contribution in [3.63, 3.8) is 0 Å². The molecule has 0 saturated carbocycles. The van der Waals surface area contributed by atoms with Crippen molar-refractivity contribution in [2.45, 2.75) is 43.1 Å². The highest BCUT2D eigenvalue weighted by atomic mass is 35.5. The fraction of sp³-hybridized carbons (Fsp3) is 0.429. The standard InChI is InChI=1S/C21H22Cl3NOS/c1-2-3-6-27-19-8-12(20-16(23)9-13(22)10-17(20)24)7-14-15-11-25-5-4-18(15)26-21(14)19/h7-10,15,18,25H,2-6,11H2,1H3/t15-,18-/m0/s1. The number of nitrogens with one attached hydrogen (secondary N) is 1. The Balaban J connectivity index is 1.81. The molecule has 1 N–H and O–H groups in total. The van der Waals surface area contributed by atoms with Crippen LogP contribution < -0.4 is 10.1 Å². The molecule has 2 aliphatic rings. The highest BCUT2D eigenvalue weighted by Gasteiger charge is 2.38. The molecule has 0 radical (unpaired) electrons. The number of rotatable bonds is 5. The first kappa shape index (κ1) is 19.7. The summed E-state index contributed by atoms with van der Waals surface area (Å²) in [6.07, 6.45) is 3.66. The first-order valence-corrected chi connectivity index (χ1v) is 11.5. The number of thioether (sulfide) groups is 1. The molecule has 2 aromatic rings. The maximum atomic E-state index is 6.52. The maximum Gasteiger partial charge on any atom is 0.137 e. The molecule has 6 heteroatoms. The van der Waals surface area contributed by atoms with E-state index < -0.39 is 0 Å². The van der Waals surface area contributed by atoms with Crippen molar-refractivity contribution in [3.8, 4) is 16.9 Å². The van der Waals surface area contributed by atoms with Crippen LogP contribution in [0.5, 0.6) is 5.75 Å². The van der Waals surface area contributed by atoms with Gasteiger partial charge in [-0.2, -0.15) is 0 Å². The van der Waals surface area contributed by atoms with Crippen molar-refractivity contribution >= 4 is 46.6 Å². The number of unbranched alkanes of at least 4 members (excludes halogenated alkanes) is 1. The van der Waals surface area contributed by atoms with Gasteiger partial charge in [0.05, 0.1) is 14.9 Å². The highest BCUT2D eigenvalue weighted by molar-refractivity contribution is 7.99. The minimum atomic E-state index is 0.262. The number of fused-ring (bicyclic) bond motifs is 3. The van der Waals surface area contributed by atoms with E-state index in [0.717, 1.165) is 42.1 Å². The molecular weight excluding hydrogens is 421 g/mol. The predicted molar refractivity (Wildman–Crippen MR) is 117 cm³/mol. The van der Waals surface area contributed by atoms with Gasteiger partial charge in [0, 0.05) is 28.6 Å². The normalized spacial score (nSPS) is 20.9. The van der Waals surface area contributed by atoms with Crippen molar-refractivity contribution in [1.82, 2.24) is 5.32 Å². The third-order valence-corrected chi connectivity index (χ3v) is 7.14. The Labute approximate surface area is 179 Å². The largest absolute Gasteiger partial charge is 0.488 e. The SMILES string of the molecule is CCCCSc1cc(-c2c(Cl)cc(Cl)cc2Cl)cc2c1O[C@H]1CCNC[C@@H]21. The number of halogens is 3. The van der Waals surface area contributed by atoms with Crippen LogP contribution in [0, 0.1) is 0 Å². The number of ether oxygens (including phenoxy) is 1. The lowest BCUT2D eigenvalue weighted by Gasteiger charge is -2.25. The monoisotopic (exact) mass is 441 g/mol. The lowest BCUT2D eigenvalue weighted by Crippen LogP contribution is -2.37. The second-order valence-corrected chi connectivity index (χ2v) is 9.48. The minimum absolute atomic E-state index is 0.262. The summed E-state index contributed by atoms with van der Waals surface area (Å²) in [5.41, 5.74) is 3.15. The van der Waals surface area contributed by atoms with Gasteiger partial charge in [-0.05, 0) is 55.0 Å². The molecule has 1 saturated heterocycles. The van der Waals surface area contributed by atoms with Crippen LogP contribution in [0.4, 0.5) is 0 Å². The minimum Gasteiger partial charge on any atom is -0.488 e. The average molecular weight is 443 g/mol. The molecule has 27 heavy (non-hydrogen) atoms. The lowest BCUT2D eigenvalue weighted by atomic mass is 9.89. The third kappa shape index (κ3) is 3.95. The quantitative estimate of drug-likeness (QED) is 0.396. The molecule has 144 valence electrons. The van der Waals surface area contributed by atoms with Crippen molar-refractivity contribution in [2.75, 3.05) is 18.8 Å². The first-order chi connectivity index (χ1) is 13.1. The van der Waals surface area contributed by atoms with E-state index in [1.807, 2.05) is 11.8 Å². The van der Waals surface area contributed by atoms with Crippen LogP contribution in [0.2, 0.25) is 15.1 Å². The van der Waals surface area contributed by atoms with Gasteiger partial charge in [-0.25, -0.2) is 0 Å². The fourth-order valence-electron chi connectivity index (χ4n) is 3.86. The second-order valence-electron chi connectivity index (χ2n) is 7.09. The van der Waals surface area contributed by atoms with Crippen LogP contribution >= 0.6 is 46.6 Å². The Hall–Kier alpha value is -0.580. The van der Waals surface area contributed by atoms with Crippen LogP contribution in [0.1, 0.15) is 37.7 Å². The Kier molecular flexibility index (Phi) is 6.15. The summed E-state index contributed by atoms with van der Waals surface area (Å²) >= 11 is 21.0. The van der Waals surface area contributed by atoms with Crippen molar-refractivity contribution in [3.05, 3.63) is 44.9 Å². The Bertz CT molecular complexity index is 835. The fourth-order valence-corrected chi connectivity index (χ4v) is 6.05. The van der Waals surface area contributed by atoms with E-state index in [1.165, 1.54) is 23.3 Å². The van der Waals surface area contributed by atoms with E-state index in [2.05, 4.69) is 24.4 Å². The van der Waals surface area contributed by atoms with Crippen molar-refractivity contribution in [2.24, 2.45) is 0 Å². The van der Waals surface area contributed by atoms with Gasteiger partial charge < -0.3 is 10.1 Å². The van der Waals surface area contributed by atoms with E-state index >= 15 is 0 Å². The molecule has 0 spiro atoms. The van der Waals surface area contributed by atoms with Gasteiger partial charge in [0.25, 0.3) is 0 Å². The maximum absolute atomic E-state index is 6.52. The van der Waals surface area contributed by atoms with Crippen molar-refractivity contribution < 1.29 is 4.74 Å². The highest BCUT2D eigenvalue weighted by Crippen LogP contribution is 2.49. The molecule has 2 heterocycles. The summed E-state index contributed by atoms with van der Waals surface area (Å²) in [6, 6.07) is 7.88. The zero-order valence-electron chi connectivity index (χ0n) is 15.2. The lowest BCUT2D eigenvalue weighted by molar-refractivity contribution is 0.169. The smallest absolute Gasteiger partial charge is 0.137 e. The zero-order chi connectivity index (χ0) is 19.0. The zero-order valence-corrected chi connectivity index (χ0v) is 18.2. The average Bonchev–Trinajstić information content (AvgIpc) is 3.00. The first-order valence-electron chi connectivity index (χ1n) is 9.41. The molecule has 0 unspecified atom stereocenters. The second kappa shape index (κ2) is 8.42. The van der Waals surface area contributed by atoms with E-state index in [9.17, 15) is 0 Å². The molecule has 2 nitrogen and oxygen atoms in total. The summed E-state index contributed by atoms with van der Waals surface area (Å²) in [5, 5.41) is 5.21. The molecule has 2 atom stereocenters. The van der Waals surface area contributed by atoms with Crippen LogP contribution in [0.15, 0.2) is 29.2 Å². The van der Waals surface area contributed by atoms with Gasteiger partial charge in [-0.15, -0.1) is 11.8 Å². The Morgan fingerprint density at radius 2 is 1.93 bits per heavy atom. The van der Waals surface area contributed by atoms with Gasteiger partial charge >= 0.3 is 0 Å². The van der Waals surface area contributed by atoms with Crippen molar-refractivity contribution in [1.29, 1.82) is 0 Å². The van der Waals surface area contributed by atoms with Crippen LogP contribution in [-0.4, -0.2) is 24.9 Å². The number of piperidine rings is 1. The van der Waals surface area contributed by atoms with Gasteiger partial charge in [0.15, 0.2) is 0 Å². The molecule has 0 bridgehead atoms. The molecule has 0 aliphatic carbocycles. The van der Waals surface area contributed by atoms with E-state index in [1.54, 1.807) is 12.1 Å². The van der Waals surface area contributed by atoms with Gasteiger partial charge in [0.1, 0.15) is 11.9 Å². The number of hydrogen-bond donors (Lipinski definition) is 1. The molecule has 1 fully saturated rings. The molecule has 2 aliphatic heterocycles. The third-order valence-electron chi connectivity index (χ3n) is 5.22. The van der Waals surface area contributed by atoms with E-state index in [4.69, 9.17) is 39.5 Å². The van der Waals surface area contributed by atoms with Gasteiger partial charge in [0.2, 0.25) is 0 Å². The number of hydrogen-bond acceptors (Lipinski definition) is 3. The summed E-state index contributed by atoms with van der Waals surface area (Å²) in [4.78, 5) is 1.19. The summed E-state index contributed by atoms with van der Waals surface area (Å²) in [5.74, 6) is 2.51. The molecular formula is C21H22Cl3NOS. The van der Waals surface area contributed by atoms with Gasteiger partial charge in [-0.1, -0.05) is 48.1 Å². The molecule has 0 amide bonds. The summed E-state index contributed by atoms with van der Waals surface area (Å²) in [6.45, 7) is 4.17.